The molecule has 2 aromatic rings. The van der Waals surface area contributed by atoms with E-state index < -0.39 is 0 Å². The molecule has 2 rings (SSSR count). The third kappa shape index (κ3) is 4.59. The van der Waals surface area contributed by atoms with Crippen molar-refractivity contribution >= 4 is 6.29 Å². The number of aryl methyl sites for hydroxylation is 1. The van der Waals surface area contributed by atoms with Crippen LogP contribution in [0.15, 0.2) is 48.5 Å². The van der Waals surface area contributed by atoms with E-state index in [1.807, 2.05) is 69.3 Å². The Labute approximate surface area is 115 Å². The molecule has 0 heterocycles. The Morgan fingerprint density at radius 2 is 1.63 bits per heavy atom. The molecule has 0 atom stereocenters. The Kier molecular flexibility index (Phi) is 6.37. The first-order valence-corrected chi connectivity index (χ1v) is 6.55. The van der Waals surface area contributed by atoms with Gasteiger partial charge in [-0.25, -0.2) is 0 Å². The van der Waals surface area contributed by atoms with Crippen LogP contribution in [0.5, 0.6) is 11.5 Å². The summed E-state index contributed by atoms with van der Waals surface area (Å²) in [5.74, 6) is 1.53. The Morgan fingerprint density at radius 1 is 1.00 bits per heavy atom. The maximum Gasteiger partial charge on any atom is 0.131 e. The maximum absolute atomic E-state index is 10.6. The molecule has 0 amide bonds. The summed E-state index contributed by atoms with van der Waals surface area (Å²) in [6, 6.07) is 15.4. The molecule has 0 spiro atoms. The lowest BCUT2D eigenvalue weighted by Crippen LogP contribution is -1.92. The number of ether oxygens (including phenoxy) is 1. The maximum atomic E-state index is 10.6. The van der Waals surface area contributed by atoms with Gasteiger partial charge in [0, 0.05) is 12.0 Å². The number of para-hydroxylation sites is 1. The van der Waals surface area contributed by atoms with Crippen molar-refractivity contribution in [3.05, 3.63) is 59.7 Å². The zero-order valence-corrected chi connectivity index (χ0v) is 11.7. The van der Waals surface area contributed by atoms with Crippen LogP contribution in [0, 0.1) is 6.92 Å². The fraction of sp³-hybridized carbons (Fsp3) is 0.235. The number of hydrogen-bond acceptors (Lipinski definition) is 2. The molecule has 0 unspecified atom stereocenters. The second kappa shape index (κ2) is 8.09. The van der Waals surface area contributed by atoms with Crippen LogP contribution in [-0.2, 0) is 11.2 Å². The molecule has 2 heteroatoms. The van der Waals surface area contributed by atoms with Crippen LogP contribution in [0.25, 0.3) is 0 Å². The molecule has 0 saturated carbocycles. The molecule has 0 aliphatic heterocycles. The van der Waals surface area contributed by atoms with Gasteiger partial charge in [0.1, 0.15) is 17.8 Å². The fourth-order valence-corrected chi connectivity index (χ4v) is 1.60. The number of rotatable bonds is 4. The van der Waals surface area contributed by atoms with Gasteiger partial charge in [-0.3, -0.25) is 0 Å². The molecule has 0 N–H and O–H groups in total. The van der Waals surface area contributed by atoms with E-state index in [1.54, 1.807) is 0 Å². The first kappa shape index (κ1) is 15.0. The van der Waals surface area contributed by atoms with Gasteiger partial charge in [0.2, 0.25) is 0 Å². The first-order valence-electron chi connectivity index (χ1n) is 6.55. The van der Waals surface area contributed by atoms with Gasteiger partial charge in [0.25, 0.3) is 0 Å². The van der Waals surface area contributed by atoms with Crippen LogP contribution in [0.2, 0.25) is 0 Å². The summed E-state index contributed by atoms with van der Waals surface area (Å²) in [6.45, 7) is 6.03. The van der Waals surface area contributed by atoms with Crippen molar-refractivity contribution in [1.29, 1.82) is 0 Å². The van der Waals surface area contributed by atoms with Crippen molar-refractivity contribution in [3.8, 4) is 11.5 Å². The first-order chi connectivity index (χ1) is 9.29. The van der Waals surface area contributed by atoms with Crippen LogP contribution in [0.4, 0.5) is 0 Å². The topological polar surface area (TPSA) is 26.3 Å². The van der Waals surface area contributed by atoms with E-state index in [-0.39, 0.29) is 0 Å². The summed E-state index contributed by atoms with van der Waals surface area (Å²) in [6.07, 6.45) is 1.26. The minimum Gasteiger partial charge on any atom is -0.457 e. The molecule has 0 aliphatic rings. The predicted octanol–water partition coefficient (Wildman–Crippen LogP) is 4.55. The molecule has 2 nitrogen and oxygen atoms in total. The van der Waals surface area contributed by atoms with Crippen molar-refractivity contribution in [1.82, 2.24) is 0 Å². The van der Waals surface area contributed by atoms with Gasteiger partial charge in [-0.05, 0) is 25.1 Å². The van der Waals surface area contributed by atoms with Gasteiger partial charge in [0.15, 0.2) is 0 Å². The van der Waals surface area contributed by atoms with E-state index >= 15 is 0 Å². The van der Waals surface area contributed by atoms with E-state index in [9.17, 15) is 4.79 Å². The Bertz CT molecular complexity index is 501. The number of carbonyl (C=O) groups is 1. The minimum absolute atomic E-state index is 0.377. The van der Waals surface area contributed by atoms with Gasteiger partial charge >= 0.3 is 0 Å². The molecular weight excluding hydrogens is 236 g/mol. The van der Waals surface area contributed by atoms with Crippen molar-refractivity contribution in [2.75, 3.05) is 0 Å². The summed E-state index contributed by atoms with van der Waals surface area (Å²) in [5.41, 5.74) is 2.10. The van der Waals surface area contributed by atoms with Crippen molar-refractivity contribution in [2.45, 2.75) is 27.2 Å². The highest BCUT2D eigenvalue weighted by Crippen LogP contribution is 2.25. The van der Waals surface area contributed by atoms with Gasteiger partial charge in [-0.2, -0.15) is 0 Å². The van der Waals surface area contributed by atoms with E-state index in [4.69, 9.17) is 4.74 Å². The number of aldehydes is 1. The second-order valence-corrected chi connectivity index (χ2v) is 3.89. The second-order valence-electron chi connectivity index (χ2n) is 3.89. The predicted molar refractivity (Wildman–Crippen MR) is 78.8 cm³/mol. The van der Waals surface area contributed by atoms with Crippen molar-refractivity contribution in [3.63, 3.8) is 0 Å². The Hall–Kier alpha value is -2.09. The number of hydrogen-bond donors (Lipinski definition) is 0. The highest BCUT2D eigenvalue weighted by atomic mass is 16.5. The van der Waals surface area contributed by atoms with E-state index in [0.717, 1.165) is 23.3 Å². The standard InChI is InChI=1S/C15H14O2.C2H6/c1-12-6-8-14(9-7-12)17-15-5-3-2-4-13(15)10-11-16;1-2/h2-9,11H,10H2,1H3;1-2H3. The van der Waals surface area contributed by atoms with E-state index in [2.05, 4.69) is 0 Å². The van der Waals surface area contributed by atoms with E-state index in [1.165, 1.54) is 5.56 Å². The van der Waals surface area contributed by atoms with Gasteiger partial charge in [-0.1, -0.05) is 49.7 Å². The Morgan fingerprint density at radius 3 is 2.26 bits per heavy atom. The lowest BCUT2D eigenvalue weighted by Gasteiger charge is -2.09. The largest absolute Gasteiger partial charge is 0.457 e. The third-order valence-electron chi connectivity index (χ3n) is 2.52. The molecule has 0 saturated heterocycles. The Balaban J connectivity index is 0.000000861. The minimum atomic E-state index is 0.377. The zero-order valence-electron chi connectivity index (χ0n) is 11.7. The average molecular weight is 256 g/mol. The molecule has 100 valence electrons. The summed E-state index contributed by atoms with van der Waals surface area (Å²) < 4.78 is 5.76. The van der Waals surface area contributed by atoms with Crippen LogP contribution >= 0.6 is 0 Å². The molecule has 0 aliphatic carbocycles. The highest BCUT2D eigenvalue weighted by molar-refractivity contribution is 5.57. The molecular formula is C17H20O2. The molecule has 2 aromatic carbocycles. The molecule has 0 aromatic heterocycles. The highest BCUT2D eigenvalue weighted by Gasteiger charge is 2.03. The van der Waals surface area contributed by atoms with Gasteiger partial charge < -0.3 is 9.53 Å². The summed E-state index contributed by atoms with van der Waals surface area (Å²) in [7, 11) is 0. The molecule has 0 fully saturated rings. The summed E-state index contributed by atoms with van der Waals surface area (Å²) in [5, 5.41) is 0. The summed E-state index contributed by atoms with van der Waals surface area (Å²) >= 11 is 0. The number of carbonyl (C=O) groups excluding carboxylic acids is 1. The molecule has 0 bridgehead atoms. The van der Waals surface area contributed by atoms with Crippen molar-refractivity contribution < 1.29 is 9.53 Å². The fourth-order valence-electron chi connectivity index (χ4n) is 1.60. The lowest BCUT2D eigenvalue weighted by atomic mass is 10.1. The smallest absolute Gasteiger partial charge is 0.131 e. The van der Waals surface area contributed by atoms with Crippen LogP contribution in [0.1, 0.15) is 25.0 Å². The quantitative estimate of drug-likeness (QED) is 0.750. The van der Waals surface area contributed by atoms with Crippen LogP contribution in [0.3, 0.4) is 0 Å². The average Bonchev–Trinajstić information content (AvgIpc) is 2.46. The van der Waals surface area contributed by atoms with E-state index in [0.29, 0.717) is 6.42 Å². The number of benzene rings is 2. The monoisotopic (exact) mass is 256 g/mol. The lowest BCUT2D eigenvalue weighted by molar-refractivity contribution is -0.107. The normalized spacial score (nSPS) is 9.21. The third-order valence-corrected chi connectivity index (χ3v) is 2.52. The van der Waals surface area contributed by atoms with Gasteiger partial charge in [0.05, 0.1) is 0 Å². The molecule has 0 radical (unpaired) electrons. The molecule has 19 heavy (non-hydrogen) atoms. The van der Waals surface area contributed by atoms with Crippen LogP contribution < -0.4 is 4.74 Å². The van der Waals surface area contributed by atoms with Crippen molar-refractivity contribution in [2.24, 2.45) is 0 Å². The summed E-state index contributed by atoms with van der Waals surface area (Å²) in [4.78, 5) is 10.6. The zero-order chi connectivity index (χ0) is 14.1. The SMILES string of the molecule is CC.Cc1ccc(Oc2ccccc2CC=O)cc1. The van der Waals surface area contributed by atoms with Gasteiger partial charge in [-0.15, -0.1) is 0 Å². The van der Waals surface area contributed by atoms with Crippen LogP contribution in [-0.4, -0.2) is 6.29 Å².